The van der Waals surface area contributed by atoms with E-state index >= 15 is 0 Å². The molecule has 0 aliphatic carbocycles. The first-order valence-corrected chi connectivity index (χ1v) is 1.86. The second-order valence-corrected chi connectivity index (χ2v) is 1.04. The van der Waals surface area contributed by atoms with Gasteiger partial charge in [-0.15, -0.1) is 12.4 Å². The number of hydrogen-bond acceptors (Lipinski definition) is 2. The maximum absolute atomic E-state index is 9.00. The molecule has 10 heteroatoms. The van der Waals surface area contributed by atoms with Crippen LogP contribution in [0.15, 0.2) is 0 Å². The Bertz CT molecular complexity index is 74.8. The average molecular weight is 247 g/mol. The van der Waals surface area contributed by atoms with Crippen LogP contribution in [0.25, 0.3) is 0 Å². The maximum Gasteiger partial charge on any atom is 0.300 e. The van der Waals surface area contributed by atoms with Gasteiger partial charge < -0.3 is 37.6 Å². The summed E-state index contributed by atoms with van der Waals surface area (Å²) < 4.78 is 0. The van der Waals surface area contributed by atoms with Crippen molar-refractivity contribution in [2.45, 2.75) is 13.8 Å². The predicted molar refractivity (Wildman–Crippen MR) is 51.9 cm³/mol. The molecule has 0 heterocycles. The highest BCUT2D eigenvalue weighted by Crippen LogP contribution is 1.42. The van der Waals surface area contributed by atoms with Crippen LogP contribution in [0.3, 0.4) is 0 Å². The smallest absolute Gasteiger partial charge is 0.300 e. The Morgan fingerprint density at radius 1 is 0.714 bits per heavy atom. The van der Waals surface area contributed by atoms with Crippen LogP contribution in [0.2, 0.25) is 0 Å². The van der Waals surface area contributed by atoms with E-state index < -0.39 is 11.9 Å². The minimum absolute atomic E-state index is 0. The summed E-state index contributed by atoms with van der Waals surface area (Å²) >= 11 is 0. The molecule has 0 fully saturated rings. The molecule has 0 spiro atoms. The van der Waals surface area contributed by atoms with Crippen molar-refractivity contribution in [3.8, 4) is 0 Å². The molecule has 14 heavy (non-hydrogen) atoms. The van der Waals surface area contributed by atoms with E-state index in [1.807, 2.05) is 0 Å². The topological polar surface area (TPSA) is 232 Å². The molecule has 0 saturated heterocycles. The van der Waals surface area contributed by atoms with Gasteiger partial charge in [0.2, 0.25) is 0 Å². The van der Waals surface area contributed by atoms with Gasteiger partial charge in [-0.25, -0.2) is 0 Å². The summed E-state index contributed by atoms with van der Waals surface area (Å²) in [5.74, 6) is -1.67. The van der Waals surface area contributed by atoms with Gasteiger partial charge in [-0.05, 0) is 0 Å². The minimum Gasteiger partial charge on any atom is -0.481 e. The molecule has 96 valence electrons. The Kier molecular flexibility index (Phi) is 308. The Balaban J connectivity index is -0.00000000600. The number of halogens is 1. The van der Waals surface area contributed by atoms with E-state index in [2.05, 4.69) is 0 Å². The molecule has 0 aliphatic rings. The van der Waals surface area contributed by atoms with Crippen molar-refractivity contribution in [2.75, 3.05) is 0 Å². The van der Waals surface area contributed by atoms with Crippen LogP contribution in [0.4, 0.5) is 0 Å². The zero-order valence-corrected chi connectivity index (χ0v) is 8.44. The van der Waals surface area contributed by atoms with E-state index in [4.69, 9.17) is 19.8 Å². The van der Waals surface area contributed by atoms with E-state index in [0.717, 1.165) is 13.8 Å². The fraction of sp³-hybridized carbons (Fsp3) is 0.500. The van der Waals surface area contributed by atoms with Crippen molar-refractivity contribution in [2.24, 2.45) is 0 Å². The molecule has 0 aliphatic heterocycles. The molecule has 0 rings (SSSR count). The molecule has 0 aromatic rings. The van der Waals surface area contributed by atoms with E-state index in [-0.39, 0.29) is 39.8 Å². The monoisotopic (exact) mass is 246 g/mol. The molecule has 0 saturated carbocycles. The lowest BCUT2D eigenvalue weighted by Gasteiger charge is -1.59. The fourth-order valence-electron chi connectivity index (χ4n) is 0. The Morgan fingerprint density at radius 2 is 0.714 bits per heavy atom. The minimum atomic E-state index is -0.833. The average Bonchev–Trinajstić information content (AvgIpc) is 1.25. The molecule has 0 atom stereocenters. The molecular weight excluding hydrogens is 227 g/mol. The first kappa shape index (κ1) is 74.5. The summed E-state index contributed by atoms with van der Waals surface area (Å²) in [6, 6.07) is 0. The summed E-state index contributed by atoms with van der Waals surface area (Å²) in [7, 11) is 0. The lowest BCUT2D eigenvalue weighted by molar-refractivity contribution is -0.135. The Morgan fingerprint density at radius 3 is 0.714 bits per heavy atom. The highest BCUT2D eigenvalue weighted by atomic mass is 35.5. The van der Waals surface area contributed by atoms with Gasteiger partial charge in [-0.3, -0.25) is 9.59 Å². The van der Waals surface area contributed by atoms with Crippen molar-refractivity contribution in [1.82, 2.24) is 0 Å². The van der Waals surface area contributed by atoms with E-state index in [1.165, 1.54) is 0 Å². The zero-order valence-electron chi connectivity index (χ0n) is 7.62. The van der Waals surface area contributed by atoms with Gasteiger partial charge >= 0.3 is 0 Å². The van der Waals surface area contributed by atoms with Gasteiger partial charge in [0.05, 0.1) is 0 Å². The number of carboxylic acids is 2. The van der Waals surface area contributed by atoms with Gasteiger partial charge in [0.15, 0.2) is 0 Å². The zero-order chi connectivity index (χ0) is 7.15. The summed E-state index contributed by atoms with van der Waals surface area (Å²) in [5.41, 5.74) is 0. The summed E-state index contributed by atoms with van der Waals surface area (Å²) in [6.07, 6.45) is 0. The molecule has 0 unspecified atom stereocenters. The van der Waals surface area contributed by atoms with Crippen molar-refractivity contribution >= 4 is 24.3 Å². The molecule has 0 bridgehead atoms. The van der Waals surface area contributed by atoms with Crippen molar-refractivity contribution < 1.29 is 47.2 Å². The molecule has 0 aromatic heterocycles. The van der Waals surface area contributed by atoms with Gasteiger partial charge in [-0.1, -0.05) is 0 Å². The van der Waals surface area contributed by atoms with Crippen LogP contribution in [0.1, 0.15) is 13.8 Å². The van der Waals surface area contributed by atoms with Gasteiger partial charge in [0, 0.05) is 13.8 Å². The van der Waals surface area contributed by atoms with Crippen LogP contribution in [0, 0.1) is 0 Å². The SMILES string of the molecule is CC(=O)O.CC(=O)O.Cl.O.O.O.O.O. The Hall–Kier alpha value is -0.970. The third-order valence-electron chi connectivity index (χ3n) is 0. The van der Waals surface area contributed by atoms with E-state index in [1.54, 1.807) is 0 Å². The van der Waals surface area contributed by atoms with Crippen molar-refractivity contribution in [3.05, 3.63) is 0 Å². The largest absolute Gasteiger partial charge is 0.481 e. The number of rotatable bonds is 0. The van der Waals surface area contributed by atoms with Crippen LogP contribution in [-0.2, 0) is 9.59 Å². The molecule has 0 radical (unpaired) electrons. The van der Waals surface area contributed by atoms with Crippen LogP contribution in [-0.4, -0.2) is 49.5 Å². The first-order valence-electron chi connectivity index (χ1n) is 1.86. The van der Waals surface area contributed by atoms with E-state index in [0.29, 0.717) is 0 Å². The molecule has 0 aromatic carbocycles. The van der Waals surface area contributed by atoms with Gasteiger partial charge in [0.25, 0.3) is 11.9 Å². The molecule has 12 N–H and O–H groups in total. The third kappa shape index (κ3) is 1180. The van der Waals surface area contributed by atoms with Gasteiger partial charge in [-0.2, -0.15) is 0 Å². The lowest BCUT2D eigenvalue weighted by atomic mass is 10.9. The standard InChI is InChI=1S/2C2H4O2.ClH.5H2O/c2*1-2(3)4;;;;;;/h2*1H3,(H,3,4);1H;5*1H2. The first-order chi connectivity index (χ1) is 3.46. The highest BCUT2D eigenvalue weighted by molar-refractivity contribution is 5.85. The second-order valence-electron chi connectivity index (χ2n) is 1.04. The van der Waals surface area contributed by atoms with Crippen LogP contribution < -0.4 is 0 Å². The predicted octanol–water partition coefficient (Wildman–Crippen LogP) is -3.52. The fourth-order valence-corrected chi connectivity index (χ4v) is 0. The number of aliphatic carboxylic acids is 2. The van der Waals surface area contributed by atoms with Crippen LogP contribution >= 0.6 is 12.4 Å². The summed E-state index contributed by atoms with van der Waals surface area (Å²) in [4.78, 5) is 18.0. The van der Waals surface area contributed by atoms with Crippen molar-refractivity contribution in [3.63, 3.8) is 0 Å². The second kappa shape index (κ2) is 57.8. The summed E-state index contributed by atoms with van der Waals surface area (Å²) in [5, 5.41) is 14.8. The normalized spacial score (nSPS) is 3.57. The number of carbonyl (C=O) groups is 2. The third-order valence-corrected chi connectivity index (χ3v) is 0. The number of carboxylic acid groups (broad SMARTS) is 2. The maximum atomic E-state index is 9.00. The summed E-state index contributed by atoms with van der Waals surface area (Å²) in [6.45, 7) is 2.17. The molecule has 9 nitrogen and oxygen atoms in total. The van der Waals surface area contributed by atoms with Crippen molar-refractivity contribution in [1.29, 1.82) is 0 Å². The Labute approximate surface area is 86.3 Å². The quantitative estimate of drug-likeness (QED) is 0.442. The van der Waals surface area contributed by atoms with E-state index in [9.17, 15) is 0 Å². The lowest BCUT2D eigenvalue weighted by Crippen LogP contribution is -1.78. The highest BCUT2D eigenvalue weighted by Gasteiger charge is 1.65. The molecule has 0 amide bonds. The molecular formula is C4H19ClO9. The van der Waals surface area contributed by atoms with Crippen LogP contribution in [0.5, 0.6) is 0 Å². The number of hydrogen-bond donors (Lipinski definition) is 2. The van der Waals surface area contributed by atoms with Gasteiger partial charge in [0.1, 0.15) is 0 Å².